The fraction of sp³-hybridized carbons (Fsp3) is 0.667. The molecule has 1 aromatic rings. The molecule has 2 rings (SSSR count). The fourth-order valence-corrected chi connectivity index (χ4v) is 4.06. The Labute approximate surface area is 91.5 Å². The van der Waals surface area contributed by atoms with Crippen LogP contribution in [-0.2, 0) is 5.60 Å². The van der Waals surface area contributed by atoms with Gasteiger partial charge in [0.05, 0.1) is 12.0 Å². The van der Waals surface area contributed by atoms with E-state index in [1.54, 1.807) is 25.1 Å². The second kappa shape index (κ2) is 3.72. The van der Waals surface area contributed by atoms with Gasteiger partial charge in [0.1, 0.15) is 5.60 Å². The van der Waals surface area contributed by atoms with E-state index in [2.05, 4.69) is 11.9 Å². The smallest absolute Gasteiger partial charge is 0.273 e. The number of nitrogens with zero attached hydrogens (tertiary/aromatic N) is 1. The normalized spacial score (nSPS) is 32.1. The largest absolute Gasteiger partial charge is 0.473 e. The summed E-state index contributed by atoms with van der Waals surface area (Å²) in [5.41, 5.74) is -0.695. The van der Waals surface area contributed by atoms with Crippen molar-refractivity contribution >= 4 is 23.1 Å². The summed E-state index contributed by atoms with van der Waals surface area (Å²) in [4.78, 5) is 5.01. The minimum Gasteiger partial charge on any atom is -0.473 e. The SMILES string of the molecule is COc1ncc(C2(O)CSCC2C)s1. The van der Waals surface area contributed by atoms with Crippen molar-refractivity contribution in [3.63, 3.8) is 0 Å². The van der Waals surface area contributed by atoms with E-state index in [4.69, 9.17) is 4.74 Å². The molecule has 5 heteroatoms. The molecule has 0 bridgehead atoms. The Morgan fingerprint density at radius 1 is 1.71 bits per heavy atom. The topological polar surface area (TPSA) is 42.4 Å². The number of aliphatic hydroxyl groups is 1. The molecule has 0 aromatic carbocycles. The van der Waals surface area contributed by atoms with Crippen LogP contribution in [0.3, 0.4) is 0 Å². The van der Waals surface area contributed by atoms with Crippen LogP contribution in [-0.4, -0.2) is 28.7 Å². The van der Waals surface area contributed by atoms with Crippen LogP contribution in [0.15, 0.2) is 6.20 Å². The van der Waals surface area contributed by atoms with Gasteiger partial charge in [0, 0.05) is 11.9 Å². The second-order valence-corrected chi connectivity index (χ2v) is 5.56. The van der Waals surface area contributed by atoms with Crippen LogP contribution < -0.4 is 4.74 Å². The molecule has 1 fully saturated rings. The molecule has 14 heavy (non-hydrogen) atoms. The number of aromatic nitrogens is 1. The molecular formula is C9H13NO2S2. The number of methoxy groups -OCH3 is 1. The van der Waals surface area contributed by atoms with E-state index in [1.807, 2.05) is 0 Å². The lowest BCUT2D eigenvalue weighted by Gasteiger charge is -2.24. The first-order chi connectivity index (χ1) is 6.66. The van der Waals surface area contributed by atoms with Gasteiger partial charge in [-0.15, -0.1) is 0 Å². The van der Waals surface area contributed by atoms with E-state index >= 15 is 0 Å². The van der Waals surface area contributed by atoms with Crippen molar-refractivity contribution < 1.29 is 9.84 Å². The maximum Gasteiger partial charge on any atom is 0.273 e. The number of thiazole rings is 1. The number of ether oxygens (including phenoxy) is 1. The molecule has 1 aromatic heterocycles. The van der Waals surface area contributed by atoms with Gasteiger partial charge in [0.25, 0.3) is 5.19 Å². The lowest BCUT2D eigenvalue weighted by Crippen LogP contribution is -2.31. The Morgan fingerprint density at radius 3 is 3.00 bits per heavy atom. The lowest BCUT2D eigenvalue weighted by molar-refractivity contribution is 0.0269. The van der Waals surface area contributed by atoms with Crippen molar-refractivity contribution in [3.8, 4) is 5.19 Å². The highest BCUT2D eigenvalue weighted by molar-refractivity contribution is 7.99. The van der Waals surface area contributed by atoms with E-state index in [1.165, 1.54) is 11.3 Å². The van der Waals surface area contributed by atoms with Crippen LogP contribution in [0, 0.1) is 5.92 Å². The average molecular weight is 231 g/mol. The highest BCUT2D eigenvalue weighted by Gasteiger charge is 2.42. The van der Waals surface area contributed by atoms with Crippen LogP contribution in [0.25, 0.3) is 0 Å². The number of hydrogen-bond donors (Lipinski definition) is 1. The van der Waals surface area contributed by atoms with E-state index in [0.29, 0.717) is 5.19 Å². The maximum absolute atomic E-state index is 10.4. The summed E-state index contributed by atoms with van der Waals surface area (Å²) >= 11 is 3.22. The molecule has 1 saturated heterocycles. The van der Waals surface area contributed by atoms with Crippen molar-refractivity contribution in [2.24, 2.45) is 5.92 Å². The third-order valence-electron chi connectivity index (χ3n) is 2.59. The lowest BCUT2D eigenvalue weighted by atomic mass is 9.92. The number of hydrogen-bond acceptors (Lipinski definition) is 5. The van der Waals surface area contributed by atoms with Gasteiger partial charge in [-0.1, -0.05) is 18.3 Å². The van der Waals surface area contributed by atoms with Crippen molar-refractivity contribution in [3.05, 3.63) is 11.1 Å². The van der Waals surface area contributed by atoms with Crippen molar-refractivity contribution in [1.29, 1.82) is 0 Å². The third-order valence-corrected chi connectivity index (χ3v) is 5.10. The molecule has 2 unspecified atom stereocenters. The van der Waals surface area contributed by atoms with Gasteiger partial charge in [0.2, 0.25) is 0 Å². The molecule has 0 spiro atoms. The molecule has 1 N–H and O–H groups in total. The summed E-state index contributed by atoms with van der Waals surface area (Å²) in [7, 11) is 1.60. The zero-order valence-corrected chi connectivity index (χ0v) is 9.82. The van der Waals surface area contributed by atoms with Gasteiger partial charge >= 0.3 is 0 Å². The van der Waals surface area contributed by atoms with Gasteiger partial charge < -0.3 is 9.84 Å². The minimum atomic E-state index is -0.695. The van der Waals surface area contributed by atoms with E-state index in [-0.39, 0.29) is 5.92 Å². The minimum absolute atomic E-state index is 0.289. The zero-order valence-electron chi connectivity index (χ0n) is 8.19. The quantitative estimate of drug-likeness (QED) is 0.841. The third kappa shape index (κ3) is 1.53. The predicted octanol–water partition coefficient (Wildman–Crippen LogP) is 1.72. The molecule has 0 radical (unpaired) electrons. The Morgan fingerprint density at radius 2 is 2.50 bits per heavy atom. The summed E-state index contributed by atoms with van der Waals surface area (Å²) in [5.74, 6) is 2.06. The second-order valence-electron chi connectivity index (χ2n) is 3.53. The Hall–Kier alpha value is -0.260. The number of rotatable bonds is 2. The van der Waals surface area contributed by atoms with Gasteiger partial charge in [-0.3, -0.25) is 0 Å². The summed E-state index contributed by atoms with van der Waals surface area (Å²) in [6, 6.07) is 0. The van der Waals surface area contributed by atoms with Gasteiger partial charge in [-0.2, -0.15) is 11.8 Å². The van der Waals surface area contributed by atoms with Crippen LogP contribution in [0.2, 0.25) is 0 Å². The molecule has 0 amide bonds. The van der Waals surface area contributed by atoms with Crippen molar-refractivity contribution in [2.45, 2.75) is 12.5 Å². The van der Waals surface area contributed by atoms with Crippen LogP contribution in [0.4, 0.5) is 0 Å². The van der Waals surface area contributed by atoms with Crippen molar-refractivity contribution in [1.82, 2.24) is 4.98 Å². The first-order valence-electron chi connectivity index (χ1n) is 4.47. The standard InChI is InChI=1S/C9H13NO2S2/c1-6-4-13-5-9(6,11)7-3-10-8(12-2)14-7/h3,6,11H,4-5H2,1-2H3. The molecular weight excluding hydrogens is 218 g/mol. The first kappa shape index (κ1) is 10.3. The summed E-state index contributed by atoms with van der Waals surface area (Å²) < 4.78 is 5.02. The van der Waals surface area contributed by atoms with Crippen molar-refractivity contribution in [2.75, 3.05) is 18.6 Å². The van der Waals surface area contributed by atoms with Crippen LogP contribution >= 0.6 is 23.1 Å². The molecule has 1 aliphatic rings. The molecule has 2 heterocycles. The van der Waals surface area contributed by atoms with Crippen LogP contribution in [0.1, 0.15) is 11.8 Å². The Bertz CT molecular complexity index is 328. The highest BCUT2D eigenvalue weighted by Crippen LogP contribution is 2.44. The zero-order chi connectivity index (χ0) is 10.2. The molecule has 0 aliphatic carbocycles. The highest BCUT2D eigenvalue weighted by atomic mass is 32.2. The summed E-state index contributed by atoms with van der Waals surface area (Å²) in [6.07, 6.45) is 1.73. The molecule has 1 aliphatic heterocycles. The van der Waals surface area contributed by atoms with Gasteiger partial charge in [-0.25, -0.2) is 4.98 Å². The predicted molar refractivity (Wildman–Crippen MR) is 59.1 cm³/mol. The van der Waals surface area contributed by atoms with Gasteiger partial charge in [0.15, 0.2) is 0 Å². The molecule has 2 atom stereocenters. The average Bonchev–Trinajstić information content (AvgIpc) is 2.75. The van der Waals surface area contributed by atoms with E-state index in [0.717, 1.165) is 16.4 Å². The van der Waals surface area contributed by atoms with Gasteiger partial charge in [-0.05, 0) is 11.7 Å². The van der Waals surface area contributed by atoms with E-state index < -0.39 is 5.60 Å². The summed E-state index contributed by atoms with van der Waals surface area (Å²) in [5, 5.41) is 11.1. The van der Waals surface area contributed by atoms with Crippen LogP contribution in [0.5, 0.6) is 5.19 Å². The molecule has 78 valence electrons. The molecule has 0 saturated carbocycles. The molecule has 3 nitrogen and oxygen atoms in total. The van der Waals surface area contributed by atoms with E-state index in [9.17, 15) is 5.11 Å². The first-order valence-corrected chi connectivity index (χ1v) is 6.44. The monoisotopic (exact) mass is 231 g/mol. The number of thioether (sulfide) groups is 1. The fourth-order valence-electron chi connectivity index (χ4n) is 1.54. The summed E-state index contributed by atoms with van der Waals surface area (Å²) in [6.45, 7) is 2.08. The Kier molecular flexibility index (Phi) is 2.72. The maximum atomic E-state index is 10.4. The Balaban J connectivity index is 2.28.